The molecule has 0 atom stereocenters. The lowest BCUT2D eigenvalue weighted by atomic mass is 10.3. The highest BCUT2D eigenvalue weighted by Crippen LogP contribution is 2.31. The summed E-state index contributed by atoms with van der Waals surface area (Å²) >= 11 is 0. The van der Waals surface area contributed by atoms with E-state index in [0.29, 0.717) is 15.5 Å². The van der Waals surface area contributed by atoms with Crippen LogP contribution in [0.3, 0.4) is 0 Å². The zero-order valence-corrected chi connectivity index (χ0v) is 15.7. The molecule has 1 N–H and O–H groups in total. The number of ether oxygens (including phenoxy) is 1. The molecular weight excluding hydrogens is 399 g/mol. The van der Waals surface area contributed by atoms with Gasteiger partial charge in [-0.1, -0.05) is 0 Å². The Morgan fingerprint density at radius 1 is 1.29 bits per heavy atom. The average Bonchev–Trinajstić information content (AvgIpc) is 3.18. The number of aromatic amines is 1. The second kappa shape index (κ2) is 6.97. The molecule has 0 spiro atoms. The molecule has 0 aliphatic rings. The highest BCUT2D eigenvalue weighted by Gasteiger charge is 2.34. The summed E-state index contributed by atoms with van der Waals surface area (Å²) in [5, 5.41) is 7.02. The molecule has 3 aromatic rings. The van der Waals surface area contributed by atoms with Crippen molar-refractivity contribution in [3.05, 3.63) is 41.9 Å². The summed E-state index contributed by atoms with van der Waals surface area (Å²) in [6.45, 7) is 1.15. The van der Waals surface area contributed by atoms with Gasteiger partial charge in [-0.3, -0.25) is 5.10 Å². The number of sulfone groups is 1. The van der Waals surface area contributed by atoms with Crippen LogP contribution in [0.1, 0.15) is 23.1 Å². The minimum atomic E-state index is -4.65. The van der Waals surface area contributed by atoms with E-state index >= 15 is 0 Å². The topological polar surface area (TPSA) is 94.1 Å². The molecule has 7 nitrogen and oxygen atoms in total. The van der Waals surface area contributed by atoms with E-state index in [9.17, 15) is 26.4 Å². The van der Waals surface area contributed by atoms with Gasteiger partial charge in [0.2, 0.25) is 9.84 Å². The van der Waals surface area contributed by atoms with E-state index in [2.05, 4.69) is 10.2 Å². The lowest BCUT2D eigenvalue weighted by Gasteiger charge is -2.13. The van der Waals surface area contributed by atoms with Gasteiger partial charge >= 0.3 is 12.1 Å². The largest absolute Gasteiger partial charge is 0.461 e. The van der Waals surface area contributed by atoms with Crippen LogP contribution in [0.4, 0.5) is 13.2 Å². The van der Waals surface area contributed by atoms with Crippen LogP contribution in [-0.4, -0.2) is 41.9 Å². The number of aromatic nitrogens is 3. The molecule has 0 aliphatic carbocycles. The van der Waals surface area contributed by atoms with E-state index in [-0.39, 0.29) is 22.1 Å². The van der Waals surface area contributed by atoms with Gasteiger partial charge in [-0.2, -0.15) is 18.3 Å². The van der Waals surface area contributed by atoms with E-state index in [1.807, 2.05) is 0 Å². The zero-order valence-electron chi connectivity index (χ0n) is 14.9. The molecule has 0 fully saturated rings. The van der Waals surface area contributed by atoms with Crippen LogP contribution in [0, 0.1) is 6.92 Å². The van der Waals surface area contributed by atoms with Gasteiger partial charge in [-0.05, 0) is 38.1 Å². The molecule has 0 unspecified atom stereocenters. The maximum atomic E-state index is 13.1. The summed E-state index contributed by atoms with van der Waals surface area (Å²) in [5.41, 5.74) is -0.0650. The van der Waals surface area contributed by atoms with Crippen LogP contribution >= 0.6 is 0 Å². The van der Waals surface area contributed by atoms with Crippen molar-refractivity contribution >= 4 is 26.7 Å². The number of nitrogens with one attached hydrogen (secondary N) is 1. The average molecular weight is 415 g/mol. The highest BCUT2D eigenvalue weighted by atomic mass is 32.2. The molecule has 3 rings (SSSR count). The molecule has 2 heterocycles. The Morgan fingerprint density at radius 2 is 2.00 bits per heavy atom. The molecule has 1 aromatic carbocycles. The molecular formula is C17H16F3N3O4S. The van der Waals surface area contributed by atoms with E-state index < -0.39 is 34.2 Å². The summed E-state index contributed by atoms with van der Waals surface area (Å²) in [6.07, 6.45) is -3.22. The minimum absolute atomic E-state index is 0.0612. The van der Waals surface area contributed by atoms with Gasteiger partial charge in [0.05, 0.1) is 28.1 Å². The summed E-state index contributed by atoms with van der Waals surface area (Å²) in [4.78, 5) is 11.6. The maximum Gasteiger partial charge on any atom is 0.406 e. The van der Waals surface area contributed by atoms with Crippen molar-refractivity contribution < 1.29 is 31.1 Å². The second-order valence-electron chi connectivity index (χ2n) is 6.02. The SMILES string of the molecule is CCOC(=O)c1cc(S(=O)(=O)c2ccc3[nH]ncc3c2)c(C)n1CC(F)(F)F. The third kappa shape index (κ3) is 3.61. The fourth-order valence-electron chi connectivity index (χ4n) is 2.86. The third-order valence-corrected chi connectivity index (χ3v) is 6.02. The lowest BCUT2D eigenvalue weighted by Crippen LogP contribution is -2.22. The number of benzene rings is 1. The Bertz CT molecular complexity index is 1150. The number of H-pyrrole nitrogens is 1. The summed E-state index contributed by atoms with van der Waals surface area (Å²) in [5.74, 6) is -1.03. The fourth-order valence-corrected chi connectivity index (χ4v) is 4.41. The van der Waals surface area contributed by atoms with Crippen LogP contribution in [-0.2, 0) is 21.1 Å². The molecule has 0 saturated heterocycles. The molecule has 2 aromatic heterocycles. The van der Waals surface area contributed by atoms with Crippen LogP contribution in [0.2, 0.25) is 0 Å². The Labute approximate surface area is 158 Å². The number of nitrogens with zero attached hydrogens (tertiary/aromatic N) is 2. The summed E-state index contributed by atoms with van der Waals surface area (Å²) < 4.78 is 70.5. The Hall–Kier alpha value is -2.82. The number of esters is 1. The Balaban J connectivity index is 2.16. The van der Waals surface area contributed by atoms with Crippen molar-refractivity contribution in [2.75, 3.05) is 6.61 Å². The number of alkyl halides is 3. The maximum absolute atomic E-state index is 13.1. The van der Waals surface area contributed by atoms with Crippen LogP contribution in [0.15, 0.2) is 40.3 Å². The van der Waals surface area contributed by atoms with Gasteiger partial charge < -0.3 is 9.30 Å². The number of hydrogen-bond donors (Lipinski definition) is 1. The van der Waals surface area contributed by atoms with Crippen molar-refractivity contribution in [1.82, 2.24) is 14.8 Å². The quantitative estimate of drug-likeness (QED) is 0.646. The Morgan fingerprint density at radius 3 is 2.64 bits per heavy atom. The van der Waals surface area contributed by atoms with E-state index in [0.717, 1.165) is 6.07 Å². The lowest BCUT2D eigenvalue weighted by molar-refractivity contribution is -0.141. The fraction of sp³-hybridized carbons (Fsp3) is 0.294. The van der Waals surface area contributed by atoms with Crippen LogP contribution < -0.4 is 0 Å². The molecule has 0 bridgehead atoms. The first kappa shape index (κ1) is 19.9. The number of rotatable bonds is 5. The van der Waals surface area contributed by atoms with Gasteiger partial charge in [0.1, 0.15) is 12.2 Å². The van der Waals surface area contributed by atoms with Crippen molar-refractivity contribution in [3.8, 4) is 0 Å². The molecule has 28 heavy (non-hydrogen) atoms. The third-order valence-electron chi connectivity index (χ3n) is 4.15. The Kier molecular flexibility index (Phi) is 4.96. The molecule has 0 radical (unpaired) electrons. The van der Waals surface area contributed by atoms with Gasteiger partial charge in [0, 0.05) is 11.1 Å². The minimum Gasteiger partial charge on any atom is -0.461 e. The van der Waals surface area contributed by atoms with Crippen molar-refractivity contribution in [3.63, 3.8) is 0 Å². The normalized spacial score (nSPS) is 12.5. The van der Waals surface area contributed by atoms with Gasteiger partial charge in [0.15, 0.2) is 0 Å². The molecule has 0 aliphatic heterocycles. The number of fused-ring (bicyclic) bond motifs is 1. The van der Waals surface area contributed by atoms with Gasteiger partial charge in [-0.15, -0.1) is 0 Å². The van der Waals surface area contributed by atoms with Crippen molar-refractivity contribution in [2.45, 2.75) is 36.4 Å². The van der Waals surface area contributed by atoms with E-state index in [1.54, 1.807) is 0 Å². The van der Waals surface area contributed by atoms with Crippen LogP contribution in [0.5, 0.6) is 0 Å². The van der Waals surface area contributed by atoms with Crippen LogP contribution in [0.25, 0.3) is 10.9 Å². The molecule has 0 saturated carbocycles. The highest BCUT2D eigenvalue weighted by molar-refractivity contribution is 7.91. The van der Waals surface area contributed by atoms with Gasteiger partial charge in [0.25, 0.3) is 0 Å². The summed E-state index contributed by atoms with van der Waals surface area (Å²) in [7, 11) is -4.18. The van der Waals surface area contributed by atoms with Crippen molar-refractivity contribution in [1.29, 1.82) is 0 Å². The predicted molar refractivity (Wildman–Crippen MR) is 92.7 cm³/mol. The standard InChI is InChI=1S/C17H16F3N3O4S/c1-3-27-16(24)14-7-15(10(2)23(14)9-17(18,19)20)28(25,26)12-4-5-13-11(6-12)8-21-22-13/h4-8H,3,9H2,1-2H3,(H,21,22). The van der Waals surface area contributed by atoms with E-state index in [4.69, 9.17) is 4.74 Å². The monoisotopic (exact) mass is 415 g/mol. The number of hydrogen-bond acceptors (Lipinski definition) is 5. The van der Waals surface area contributed by atoms with Gasteiger partial charge in [-0.25, -0.2) is 13.2 Å². The first-order valence-corrected chi connectivity index (χ1v) is 9.65. The zero-order chi connectivity index (χ0) is 20.7. The molecule has 150 valence electrons. The first-order chi connectivity index (χ1) is 13.0. The summed E-state index contributed by atoms with van der Waals surface area (Å²) in [6, 6.07) is 5.11. The number of carbonyl (C=O) groups excluding carboxylic acids is 1. The predicted octanol–water partition coefficient (Wildman–Crippen LogP) is 3.24. The first-order valence-electron chi connectivity index (χ1n) is 8.17. The number of carbonyl (C=O) groups is 1. The second-order valence-corrected chi connectivity index (χ2v) is 7.94. The molecule has 11 heteroatoms. The van der Waals surface area contributed by atoms with Crippen molar-refractivity contribution in [2.24, 2.45) is 0 Å². The number of halogens is 3. The smallest absolute Gasteiger partial charge is 0.406 e. The van der Waals surface area contributed by atoms with E-state index in [1.165, 1.54) is 38.2 Å². The molecule has 0 amide bonds.